The molecule has 18 heavy (non-hydrogen) atoms. The Balaban J connectivity index is 2.52. The number of carbonyl (C=O) groups is 2. The third-order valence-corrected chi connectivity index (χ3v) is 2.34. The molecular formula is C13H17NO4. The van der Waals surface area contributed by atoms with E-state index in [0.29, 0.717) is 12.2 Å². The fourth-order valence-electron chi connectivity index (χ4n) is 1.53. The highest BCUT2D eigenvalue weighted by Crippen LogP contribution is 2.14. The lowest BCUT2D eigenvalue weighted by molar-refractivity contribution is -0.141. The van der Waals surface area contributed by atoms with E-state index in [2.05, 4.69) is 4.74 Å². The number of benzene rings is 1. The first kappa shape index (κ1) is 14.2. The highest BCUT2D eigenvalue weighted by molar-refractivity contribution is 5.70. The van der Waals surface area contributed by atoms with Crippen LogP contribution in [0, 0.1) is 0 Å². The van der Waals surface area contributed by atoms with Crippen LogP contribution in [0.5, 0.6) is 5.75 Å². The van der Waals surface area contributed by atoms with Crippen molar-refractivity contribution in [1.29, 1.82) is 0 Å². The van der Waals surface area contributed by atoms with E-state index in [1.165, 1.54) is 14.0 Å². The molecular weight excluding hydrogens is 234 g/mol. The smallest absolute Gasteiger partial charge is 0.308 e. The van der Waals surface area contributed by atoms with Gasteiger partial charge in [0.15, 0.2) is 0 Å². The number of ether oxygens (including phenoxy) is 2. The number of esters is 2. The van der Waals surface area contributed by atoms with E-state index in [1.807, 2.05) is 12.1 Å². The van der Waals surface area contributed by atoms with Crippen molar-refractivity contribution in [3.05, 3.63) is 29.8 Å². The summed E-state index contributed by atoms with van der Waals surface area (Å²) in [4.78, 5) is 21.8. The Morgan fingerprint density at radius 3 is 2.39 bits per heavy atom. The fraction of sp³-hybridized carbons (Fsp3) is 0.385. The van der Waals surface area contributed by atoms with Crippen molar-refractivity contribution in [1.82, 2.24) is 0 Å². The second-order valence-corrected chi connectivity index (χ2v) is 3.98. The molecule has 0 heterocycles. The molecule has 2 N–H and O–H groups in total. The van der Waals surface area contributed by atoms with Crippen molar-refractivity contribution in [2.45, 2.75) is 25.8 Å². The van der Waals surface area contributed by atoms with Gasteiger partial charge in [0.2, 0.25) is 0 Å². The maximum Gasteiger partial charge on any atom is 0.308 e. The average Bonchev–Trinajstić information content (AvgIpc) is 2.30. The van der Waals surface area contributed by atoms with Crippen molar-refractivity contribution < 1.29 is 19.1 Å². The van der Waals surface area contributed by atoms with Gasteiger partial charge in [0.1, 0.15) is 5.75 Å². The molecule has 0 aliphatic rings. The molecule has 0 fully saturated rings. The molecule has 1 atom stereocenters. The van der Waals surface area contributed by atoms with Crippen LogP contribution in [0.4, 0.5) is 0 Å². The van der Waals surface area contributed by atoms with Gasteiger partial charge in [0.05, 0.1) is 13.5 Å². The number of rotatable bonds is 5. The highest BCUT2D eigenvalue weighted by atomic mass is 16.5. The zero-order chi connectivity index (χ0) is 13.5. The summed E-state index contributed by atoms with van der Waals surface area (Å²) in [5, 5.41) is 0. The van der Waals surface area contributed by atoms with Crippen LogP contribution in [0.2, 0.25) is 0 Å². The van der Waals surface area contributed by atoms with Crippen molar-refractivity contribution in [3.63, 3.8) is 0 Å². The second kappa shape index (κ2) is 6.76. The molecule has 0 saturated carbocycles. The molecule has 1 rings (SSSR count). The molecule has 0 unspecified atom stereocenters. The first-order valence-electron chi connectivity index (χ1n) is 5.61. The zero-order valence-corrected chi connectivity index (χ0v) is 10.5. The summed E-state index contributed by atoms with van der Waals surface area (Å²) in [6, 6.07) is 6.74. The summed E-state index contributed by atoms with van der Waals surface area (Å²) in [5.41, 5.74) is 6.79. The van der Waals surface area contributed by atoms with Crippen LogP contribution < -0.4 is 10.5 Å². The standard InChI is InChI=1S/C13H17NO4/c1-9(15)18-12-5-3-10(4-6-12)7-11(14)8-13(16)17-2/h3-6,11H,7-8,14H2,1-2H3/t11-/m0/s1. The number of hydrogen-bond donors (Lipinski definition) is 1. The summed E-state index contributed by atoms with van der Waals surface area (Å²) in [5.74, 6) is -0.183. The minimum atomic E-state index is -0.356. The van der Waals surface area contributed by atoms with Crippen molar-refractivity contribution >= 4 is 11.9 Å². The predicted octanol–water partition coefficient (Wildman–Crippen LogP) is 1.04. The Kier molecular flexibility index (Phi) is 5.32. The molecule has 0 bridgehead atoms. The van der Waals surface area contributed by atoms with Crippen LogP contribution >= 0.6 is 0 Å². The quantitative estimate of drug-likeness (QED) is 0.625. The van der Waals surface area contributed by atoms with Gasteiger partial charge in [-0.1, -0.05) is 12.1 Å². The molecule has 5 heteroatoms. The van der Waals surface area contributed by atoms with E-state index in [9.17, 15) is 9.59 Å². The molecule has 98 valence electrons. The number of hydrogen-bond acceptors (Lipinski definition) is 5. The molecule has 1 aromatic carbocycles. The van der Waals surface area contributed by atoms with Crippen molar-refractivity contribution in [3.8, 4) is 5.75 Å². The van der Waals surface area contributed by atoms with Crippen LogP contribution in [0.3, 0.4) is 0 Å². The molecule has 1 aromatic rings. The third-order valence-electron chi connectivity index (χ3n) is 2.34. The van der Waals surface area contributed by atoms with Gasteiger partial charge in [0.25, 0.3) is 0 Å². The Hall–Kier alpha value is -1.88. The Morgan fingerprint density at radius 2 is 1.89 bits per heavy atom. The number of nitrogens with two attached hydrogens (primary N) is 1. The van der Waals surface area contributed by atoms with Crippen LogP contribution in [-0.2, 0) is 20.7 Å². The fourth-order valence-corrected chi connectivity index (χ4v) is 1.53. The summed E-state index contributed by atoms with van der Waals surface area (Å²) >= 11 is 0. The lowest BCUT2D eigenvalue weighted by atomic mass is 10.0. The van der Waals surface area contributed by atoms with Crippen LogP contribution in [0.15, 0.2) is 24.3 Å². The lowest BCUT2D eigenvalue weighted by Gasteiger charge is -2.10. The summed E-state index contributed by atoms with van der Waals surface area (Å²) < 4.78 is 9.46. The van der Waals surface area contributed by atoms with Gasteiger partial charge < -0.3 is 15.2 Å². The minimum Gasteiger partial charge on any atom is -0.469 e. The third kappa shape index (κ3) is 4.97. The molecule has 0 saturated heterocycles. The van der Waals surface area contributed by atoms with Gasteiger partial charge in [-0.25, -0.2) is 0 Å². The number of methoxy groups -OCH3 is 1. The first-order chi connectivity index (χ1) is 8.51. The van der Waals surface area contributed by atoms with Crippen LogP contribution in [0.1, 0.15) is 18.9 Å². The van der Waals surface area contributed by atoms with Gasteiger partial charge in [-0.05, 0) is 24.1 Å². The van der Waals surface area contributed by atoms with Crippen molar-refractivity contribution in [2.75, 3.05) is 7.11 Å². The van der Waals surface area contributed by atoms with E-state index >= 15 is 0 Å². The van der Waals surface area contributed by atoms with Gasteiger partial charge in [-0.15, -0.1) is 0 Å². The second-order valence-electron chi connectivity index (χ2n) is 3.98. The minimum absolute atomic E-state index is 0.183. The zero-order valence-electron chi connectivity index (χ0n) is 10.5. The summed E-state index contributed by atoms with van der Waals surface area (Å²) in [7, 11) is 1.34. The van der Waals surface area contributed by atoms with Gasteiger partial charge in [-0.3, -0.25) is 9.59 Å². The van der Waals surface area contributed by atoms with Crippen molar-refractivity contribution in [2.24, 2.45) is 5.73 Å². The van der Waals surface area contributed by atoms with Crippen LogP contribution in [-0.4, -0.2) is 25.1 Å². The normalized spacial score (nSPS) is 11.7. The Morgan fingerprint density at radius 1 is 1.28 bits per heavy atom. The van der Waals surface area contributed by atoms with E-state index in [1.54, 1.807) is 12.1 Å². The Labute approximate surface area is 106 Å². The molecule has 5 nitrogen and oxygen atoms in total. The van der Waals surface area contributed by atoms with Gasteiger partial charge >= 0.3 is 11.9 Å². The lowest BCUT2D eigenvalue weighted by Crippen LogP contribution is -2.26. The molecule has 0 aromatic heterocycles. The van der Waals surface area contributed by atoms with E-state index in [0.717, 1.165) is 5.56 Å². The highest BCUT2D eigenvalue weighted by Gasteiger charge is 2.10. The van der Waals surface area contributed by atoms with Gasteiger partial charge in [0, 0.05) is 13.0 Å². The topological polar surface area (TPSA) is 78.6 Å². The van der Waals surface area contributed by atoms with Crippen LogP contribution in [0.25, 0.3) is 0 Å². The maximum atomic E-state index is 11.0. The summed E-state index contributed by atoms with van der Waals surface area (Å²) in [6.07, 6.45) is 0.748. The Bertz CT molecular complexity index is 414. The van der Waals surface area contributed by atoms with E-state index in [4.69, 9.17) is 10.5 Å². The SMILES string of the molecule is COC(=O)C[C@@H](N)Cc1ccc(OC(C)=O)cc1. The molecule has 0 aliphatic carbocycles. The molecule has 0 amide bonds. The predicted molar refractivity (Wildman–Crippen MR) is 66.1 cm³/mol. The average molecular weight is 251 g/mol. The summed E-state index contributed by atoms with van der Waals surface area (Å²) in [6.45, 7) is 1.35. The van der Waals surface area contributed by atoms with E-state index < -0.39 is 0 Å². The number of carbonyl (C=O) groups excluding carboxylic acids is 2. The first-order valence-corrected chi connectivity index (χ1v) is 5.61. The maximum absolute atomic E-state index is 11.0. The molecule has 0 radical (unpaired) electrons. The monoisotopic (exact) mass is 251 g/mol. The van der Waals surface area contributed by atoms with E-state index in [-0.39, 0.29) is 24.4 Å². The molecule has 0 spiro atoms. The largest absolute Gasteiger partial charge is 0.469 e. The molecule has 0 aliphatic heterocycles. The van der Waals surface area contributed by atoms with Gasteiger partial charge in [-0.2, -0.15) is 0 Å².